The zero-order valence-corrected chi connectivity index (χ0v) is 23.1. The minimum Gasteiger partial charge on any atom is -0.478 e. The lowest BCUT2D eigenvalue weighted by Gasteiger charge is -2.32. The average Bonchev–Trinajstić information content (AvgIpc) is 2.86. The molecule has 0 unspecified atom stereocenters. The lowest BCUT2D eigenvalue weighted by Crippen LogP contribution is -2.38. The fourth-order valence-electron chi connectivity index (χ4n) is 4.01. The Morgan fingerprint density at radius 1 is 0.868 bits per heavy atom. The number of nitrogens with zero attached hydrogens (tertiary/aromatic N) is 1. The molecule has 1 atom stereocenters. The molecule has 0 fully saturated rings. The van der Waals surface area contributed by atoms with Crippen LogP contribution in [0.25, 0.3) is 0 Å². The van der Waals surface area contributed by atoms with Gasteiger partial charge in [0.1, 0.15) is 5.75 Å². The SMILES string of the molecule is CC(C)C(=O)Oc1ccc(CO)cc1[C@@H](CCN(C(C)C)C(C)C)c1ccccc1.O=C(O)C=CC(=O)O. The number of rotatable bonds is 12. The molecule has 2 aromatic rings. The van der Waals surface area contributed by atoms with Gasteiger partial charge in [0.2, 0.25) is 0 Å². The third-order valence-electron chi connectivity index (χ3n) is 5.89. The second-order valence-electron chi connectivity index (χ2n) is 9.79. The fourth-order valence-corrected chi connectivity index (χ4v) is 4.01. The maximum Gasteiger partial charge on any atom is 0.328 e. The summed E-state index contributed by atoms with van der Waals surface area (Å²) in [4.78, 5) is 33.9. The second-order valence-corrected chi connectivity index (χ2v) is 9.79. The van der Waals surface area contributed by atoms with E-state index in [-0.39, 0.29) is 24.4 Å². The summed E-state index contributed by atoms with van der Waals surface area (Å²) in [5.74, 6) is -2.32. The van der Waals surface area contributed by atoms with Gasteiger partial charge in [-0.2, -0.15) is 0 Å². The number of hydrogen-bond acceptors (Lipinski definition) is 6. The van der Waals surface area contributed by atoms with Crippen LogP contribution in [0.2, 0.25) is 0 Å². The van der Waals surface area contributed by atoms with E-state index < -0.39 is 11.9 Å². The first kappa shape index (κ1) is 32.5. The highest BCUT2D eigenvalue weighted by molar-refractivity contribution is 5.89. The lowest BCUT2D eigenvalue weighted by molar-refractivity contribution is -0.138. The van der Waals surface area contributed by atoms with E-state index in [1.807, 2.05) is 50.2 Å². The van der Waals surface area contributed by atoms with Crippen molar-refractivity contribution >= 4 is 17.9 Å². The molecule has 2 rings (SSSR count). The van der Waals surface area contributed by atoms with Crippen LogP contribution in [0.5, 0.6) is 5.75 Å². The largest absolute Gasteiger partial charge is 0.478 e. The molecule has 8 heteroatoms. The molecule has 0 spiro atoms. The molecule has 0 aromatic heterocycles. The van der Waals surface area contributed by atoms with Crippen molar-refractivity contribution in [2.75, 3.05) is 6.54 Å². The first-order valence-corrected chi connectivity index (χ1v) is 12.8. The van der Waals surface area contributed by atoms with Crippen LogP contribution >= 0.6 is 0 Å². The summed E-state index contributed by atoms with van der Waals surface area (Å²) in [6.07, 6.45) is 2.01. The standard InChI is InChI=1S/C26H37NO3.C4H4O4/c1-18(2)26(29)30-25-13-12-21(17-28)16-24(25)23(22-10-8-7-9-11-22)14-15-27(19(3)4)20(5)6;5-3(6)1-2-4(7)8/h7-13,16,18-20,23,28H,14-15,17H2,1-6H3;1-2H,(H,5,6)(H,7,8)/t23-;/m0./s1. The number of carbonyl (C=O) groups excluding carboxylic acids is 1. The molecule has 0 aliphatic heterocycles. The minimum absolute atomic E-state index is 0.0446. The van der Waals surface area contributed by atoms with Gasteiger partial charge in [0.15, 0.2) is 0 Å². The van der Waals surface area contributed by atoms with Gasteiger partial charge >= 0.3 is 17.9 Å². The van der Waals surface area contributed by atoms with E-state index in [1.54, 1.807) is 0 Å². The molecule has 38 heavy (non-hydrogen) atoms. The average molecular weight is 528 g/mol. The molecule has 0 saturated heterocycles. The van der Waals surface area contributed by atoms with Crippen molar-refractivity contribution in [1.29, 1.82) is 0 Å². The van der Waals surface area contributed by atoms with Crippen LogP contribution in [-0.2, 0) is 21.0 Å². The van der Waals surface area contributed by atoms with E-state index in [9.17, 15) is 19.5 Å². The summed E-state index contributed by atoms with van der Waals surface area (Å²) in [6, 6.07) is 16.9. The quantitative estimate of drug-likeness (QED) is 0.198. The van der Waals surface area contributed by atoms with Gasteiger partial charge < -0.3 is 20.1 Å². The summed E-state index contributed by atoms with van der Waals surface area (Å²) in [6.45, 7) is 13.4. The minimum atomic E-state index is -1.26. The van der Waals surface area contributed by atoms with E-state index in [4.69, 9.17) is 14.9 Å². The number of benzene rings is 2. The predicted molar refractivity (Wildman–Crippen MR) is 147 cm³/mol. The number of hydrogen-bond donors (Lipinski definition) is 3. The molecule has 2 aromatic carbocycles. The zero-order valence-electron chi connectivity index (χ0n) is 23.1. The van der Waals surface area contributed by atoms with E-state index in [0.29, 0.717) is 30.0 Å². The van der Waals surface area contributed by atoms with Gasteiger partial charge in [-0.3, -0.25) is 9.69 Å². The lowest BCUT2D eigenvalue weighted by atomic mass is 9.86. The van der Waals surface area contributed by atoms with Gasteiger partial charge in [-0.05, 0) is 63.9 Å². The zero-order chi connectivity index (χ0) is 28.8. The molecule has 0 radical (unpaired) electrons. The molecule has 0 aliphatic carbocycles. The Morgan fingerprint density at radius 3 is 1.87 bits per heavy atom. The summed E-state index contributed by atoms with van der Waals surface area (Å²) >= 11 is 0. The Bertz CT molecular complexity index is 1040. The number of aliphatic hydroxyl groups is 1. The summed E-state index contributed by atoms with van der Waals surface area (Å²) < 4.78 is 5.78. The first-order chi connectivity index (χ1) is 17.9. The highest BCUT2D eigenvalue weighted by atomic mass is 16.5. The molecular weight excluding hydrogens is 486 g/mol. The maximum atomic E-state index is 12.3. The van der Waals surface area contributed by atoms with Crippen molar-refractivity contribution in [3.05, 3.63) is 77.4 Å². The third kappa shape index (κ3) is 11.3. The fraction of sp³-hybridized carbons (Fsp3) is 0.433. The molecule has 8 nitrogen and oxygen atoms in total. The maximum absolute atomic E-state index is 12.3. The number of carboxylic acids is 2. The van der Waals surface area contributed by atoms with Crippen molar-refractivity contribution in [3.63, 3.8) is 0 Å². The third-order valence-corrected chi connectivity index (χ3v) is 5.89. The van der Waals surface area contributed by atoms with Gasteiger partial charge in [0.05, 0.1) is 12.5 Å². The van der Waals surface area contributed by atoms with E-state index in [0.717, 1.165) is 24.1 Å². The Labute approximate surface area is 225 Å². The summed E-state index contributed by atoms with van der Waals surface area (Å²) in [5.41, 5.74) is 2.95. The summed E-state index contributed by atoms with van der Waals surface area (Å²) in [7, 11) is 0. The van der Waals surface area contributed by atoms with Crippen LogP contribution in [0.15, 0.2) is 60.7 Å². The molecule has 0 bridgehead atoms. The highest BCUT2D eigenvalue weighted by Gasteiger charge is 2.23. The molecule has 0 aliphatic rings. The van der Waals surface area contributed by atoms with Gasteiger partial charge in [-0.25, -0.2) is 9.59 Å². The van der Waals surface area contributed by atoms with Crippen molar-refractivity contribution in [3.8, 4) is 5.75 Å². The number of aliphatic hydroxyl groups excluding tert-OH is 1. The number of esters is 1. The molecular formula is C30H41NO7. The van der Waals surface area contributed by atoms with Crippen LogP contribution in [0.1, 0.15) is 70.6 Å². The number of carbonyl (C=O) groups is 3. The molecule has 208 valence electrons. The molecule has 0 amide bonds. The normalized spacial score (nSPS) is 12.1. The van der Waals surface area contributed by atoms with Crippen molar-refractivity contribution in [1.82, 2.24) is 4.90 Å². The van der Waals surface area contributed by atoms with Gasteiger partial charge in [-0.15, -0.1) is 0 Å². The number of ether oxygens (including phenoxy) is 1. The van der Waals surface area contributed by atoms with Crippen LogP contribution < -0.4 is 4.74 Å². The van der Waals surface area contributed by atoms with Crippen molar-refractivity contribution < 1.29 is 34.4 Å². The molecule has 0 heterocycles. The van der Waals surface area contributed by atoms with Crippen LogP contribution in [0.4, 0.5) is 0 Å². The van der Waals surface area contributed by atoms with Gasteiger partial charge in [0.25, 0.3) is 0 Å². The van der Waals surface area contributed by atoms with Crippen LogP contribution in [-0.4, -0.2) is 56.8 Å². The van der Waals surface area contributed by atoms with Crippen molar-refractivity contribution in [2.45, 2.75) is 72.6 Å². The second kappa shape index (κ2) is 16.4. The van der Waals surface area contributed by atoms with Crippen LogP contribution in [0, 0.1) is 5.92 Å². The van der Waals surface area contributed by atoms with Crippen LogP contribution in [0.3, 0.4) is 0 Å². The van der Waals surface area contributed by atoms with E-state index >= 15 is 0 Å². The summed E-state index contributed by atoms with van der Waals surface area (Å²) in [5, 5.41) is 25.3. The Balaban J connectivity index is 0.000000781. The molecule has 0 saturated carbocycles. The monoisotopic (exact) mass is 527 g/mol. The Morgan fingerprint density at radius 2 is 1.42 bits per heavy atom. The highest BCUT2D eigenvalue weighted by Crippen LogP contribution is 2.36. The number of carboxylic acid groups (broad SMARTS) is 2. The smallest absolute Gasteiger partial charge is 0.328 e. The van der Waals surface area contributed by atoms with E-state index in [1.165, 1.54) is 5.56 Å². The van der Waals surface area contributed by atoms with Crippen molar-refractivity contribution in [2.24, 2.45) is 5.92 Å². The van der Waals surface area contributed by atoms with Gasteiger partial charge in [0, 0.05) is 35.7 Å². The molecule has 3 N–H and O–H groups in total. The number of aliphatic carboxylic acids is 2. The predicted octanol–water partition coefficient (Wildman–Crippen LogP) is 5.09. The van der Waals surface area contributed by atoms with E-state index in [2.05, 4.69) is 44.7 Å². The topological polar surface area (TPSA) is 124 Å². The van der Waals surface area contributed by atoms with Gasteiger partial charge in [-0.1, -0.05) is 50.2 Å². The Hall–Kier alpha value is -3.49. The first-order valence-electron chi connectivity index (χ1n) is 12.8. The Kier molecular flexibility index (Phi) is 14.0.